The van der Waals surface area contributed by atoms with Crippen LogP contribution in [0.25, 0.3) is 0 Å². The van der Waals surface area contributed by atoms with E-state index < -0.39 is 6.10 Å². The van der Waals surface area contributed by atoms with Gasteiger partial charge in [0.2, 0.25) is 0 Å². The first kappa shape index (κ1) is 13.5. The van der Waals surface area contributed by atoms with Crippen molar-refractivity contribution in [3.05, 3.63) is 30.1 Å². The molecule has 1 rings (SSSR count). The Morgan fingerprint density at radius 3 is 2.41 bits per heavy atom. The van der Waals surface area contributed by atoms with Crippen molar-refractivity contribution < 1.29 is 13.9 Å². The maximum Gasteiger partial charge on any atom is 0.261 e. The maximum absolute atomic E-state index is 12.7. The minimum absolute atomic E-state index is 0.0772. The van der Waals surface area contributed by atoms with Crippen LogP contribution in [-0.4, -0.2) is 18.1 Å². The Bertz CT molecular complexity index is 362. The van der Waals surface area contributed by atoms with Crippen LogP contribution in [0.4, 0.5) is 4.39 Å². The van der Waals surface area contributed by atoms with E-state index in [9.17, 15) is 9.18 Å². The third kappa shape index (κ3) is 4.43. The lowest BCUT2D eigenvalue weighted by molar-refractivity contribution is -0.128. The number of hydrogen-bond donors (Lipinski definition) is 1. The Labute approximate surface area is 101 Å². The lowest BCUT2D eigenvalue weighted by Crippen LogP contribution is -2.41. The summed E-state index contributed by atoms with van der Waals surface area (Å²) in [5, 5.41) is 2.79. The van der Waals surface area contributed by atoms with Gasteiger partial charge >= 0.3 is 0 Å². The van der Waals surface area contributed by atoms with Crippen molar-refractivity contribution in [3.63, 3.8) is 0 Å². The Kier molecular flexibility index (Phi) is 4.94. The average Bonchev–Trinajstić information content (AvgIpc) is 2.27. The molecule has 0 aromatic heterocycles. The molecule has 1 aromatic rings. The zero-order valence-corrected chi connectivity index (χ0v) is 10.4. The Hall–Kier alpha value is -1.58. The van der Waals surface area contributed by atoms with E-state index in [1.54, 1.807) is 0 Å². The molecule has 0 heterocycles. The molecule has 1 amide bonds. The van der Waals surface area contributed by atoms with E-state index in [0.29, 0.717) is 12.2 Å². The number of carbonyl (C=O) groups is 1. The van der Waals surface area contributed by atoms with Crippen molar-refractivity contribution in [3.8, 4) is 5.75 Å². The van der Waals surface area contributed by atoms with E-state index >= 15 is 0 Å². The summed E-state index contributed by atoms with van der Waals surface area (Å²) in [6.07, 6.45) is 0.0264. The summed E-state index contributed by atoms with van der Waals surface area (Å²) in [5.41, 5.74) is 0. The van der Waals surface area contributed by atoms with Crippen LogP contribution in [0.1, 0.15) is 27.2 Å². The smallest absolute Gasteiger partial charge is 0.261 e. The van der Waals surface area contributed by atoms with Gasteiger partial charge in [-0.2, -0.15) is 0 Å². The molecule has 0 bridgehead atoms. The van der Waals surface area contributed by atoms with Gasteiger partial charge in [-0.1, -0.05) is 6.92 Å². The summed E-state index contributed by atoms with van der Waals surface area (Å²) in [4.78, 5) is 11.7. The molecule has 0 fully saturated rings. The Morgan fingerprint density at radius 2 is 1.94 bits per heavy atom. The zero-order valence-electron chi connectivity index (χ0n) is 10.4. The van der Waals surface area contributed by atoms with Crippen LogP contribution >= 0.6 is 0 Å². The minimum atomic E-state index is -0.539. The fraction of sp³-hybridized carbons (Fsp3) is 0.462. The fourth-order valence-corrected chi connectivity index (χ4v) is 1.38. The molecular formula is C13H18FNO2. The Balaban J connectivity index is 2.63. The number of amides is 1. The summed E-state index contributed by atoms with van der Waals surface area (Å²) >= 11 is 0. The van der Waals surface area contributed by atoms with Gasteiger partial charge in [-0.3, -0.25) is 4.79 Å². The molecule has 0 radical (unpaired) electrons. The van der Waals surface area contributed by atoms with Crippen molar-refractivity contribution in [2.75, 3.05) is 0 Å². The largest absolute Gasteiger partial charge is 0.481 e. The summed E-state index contributed by atoms with van der Waals surface area (Å²) in [6.45, 7) is 5.65. The van der Waals surface area contributed by atoms with Crippen LogP contribution in [0.3, 0.4) is 0 Å². The van der Waals surface area contributed by atoms with Crippen molar-refractivity contribution in [2.45, 2.75) is 39.3 Å². The van der Waals surface area contributed by atoms with Crippen LogP contribution in [-0.2, 0) is 4.79 Å². The van der Waals surface area contributed by atoms with Gasteiger partial charge in [0.05, 0.1) is 0 Å². The second-order valence-corrected chi connectivity index (χ2v) is 4.13. The number of hydrogen-bond acceptors (Lipinski definition) is 2. The molecule has 17 heavy (non-hydrogen) atoms. The van der Waals surface area contributed by atoms with Gasteiger partial charge in [-0.25, -0.2) is 4.39 Å². The highest BCUT2D eigenvalue weighted by Gasteiger charge is 2.18. The molecule has 94 valence electrons. The monoisotopic (exact) mass is 239 g/mol. The SMILES string of the molecule is CC[C@H](Oc1ccc(F)cc1)C(=O)NC(C)C. The van der Waals surface area contributed by atoms with Gasteiger partial charge in [-0.05, 0) is 44.5 Å². The fourth-order valence-electron chi connectivity index (χ4n) is 1.38. The Morgan fingerprint density at radius 1 is 1.35 bits per heavy atom. The number of carbonyl (C=O) groups excluding carboxylic acids is 1. The number of nitrogens with one attached hydrogen (secondary N) is 1. The molecular weight excluding hydrogens is 221 g/mol. The molecule has 0 saturated carbocycles. The minimum Gasteiger partial charge on any atom is -0.481 e. The molecule has 0 spiro atoms. The zero-order chi connectivity index (χ0) is 12.8. The molecule has 0 saturated heterocycles. The quantitative estimate of drug-likeness (QED) is 0.857. The highest BCUT2D eigenvalue weighted by Crippen LogP contribution is 2.14. The van der Waals surface area contributed by atoms with Gasteiger partial charge in [0.25, 0.3) is 5.91 Å². The third-order valence-electron chi connectivity index (χ3n) is 2.19. The summed E-state index contributed by atoms with van der Waals surface area (Å²) in [5.74, 6) is 0.0287. The molecule has 1 atom stereocenters. The van der Waals surface area contributed by atoms with Crippen LogP contribution in [0.2, 0.25) is 0 Å². The van der Waals surface area contributed by atoms with Crippen molar-refractivity contribution in [2.24, 2.45) is 0 Å². The molecule has 1 aromatic carbocycles. The third-order valence-corrected chi connectivity index (χ3v) is 2.19. The number of ether oxygens (including phenoxy) is 1. The molecule has 4 heteroatoms. The topological polar surface area (TPSA) is 38.3 Å². The molecule has 0 aliphatic carbocycles. The number of rotatable bonds is 5. The van der Waals surface area contributed by atoms with E-state index in [4.69, 9.17) is 4.74 Å². The summed E-state index contributed by atoms with van der Waals surface area (Å²) in [6, 6.07) is 5.72. The van der Waals surface area contributed by atoms with Crippen molar-refractivity contribution in [1.29, 1.82) is 0 Å². The molecule has 3 nitrogen and oxygen atoms in total. The van der Waals surface area contributed by atoms with Gasteiger partial charge < -0.3 is 10.1 Å². The highest BCUT2D eigenvalue weighted by atomic mass is 19.1. The van der Waals surface area contributed by atoms with E-state index in [2.05, 4.69) is 5.32 Å². The van der Waals surface area contributed by atoms with Crippen LogP contribution in [0, 0.1) is 5.82 Å². The van der Waals surface area contributed by atoms with Crippen LogP contribution in [0.5, 0.6) is 5.75 Å². The van der Waals surface area contributed by atoms with E-state index in [1.807, 2.05) is 20.8 Å². The van der Waals surface area contributed by atoms with Crippen molar-refractivity contribution >= 4 is 5.91 Å². The van der Waals surface area contributed by atoms with Crippen molar-refractivity contribution in [1.82, 2.24) is 5.32 Å². The molecule has 0 aliphatic heterocycles. The predicted octanol–water partition coefficient (Wildman–Crippen LogP) is 2.51. The van der Waals surface area contributed by atoms with Gasteiger partial charge in [0.15, 0.2) is 6.10 Å². The average molecular weight is 239 g/mol. The van der Waals surface area contributed by atoms with E-state index in [1.165, 1.54) is 24.3 Å². The molecule has 1 N–H and O–H groups in total. The van der Waals surface area contributed by atoms with E-state index in [0.717, 1.165) is 0 Å². The predicted molar refractivity (Wildman–Crippen MR) is 64.4 cm³/mol. The first-order valence-electron chi connectivity index (χ1n) is 5.75. The second kappa shape index (κ2) is 6.23. The maximum atomic E-state index is 12.7. The van der Waals surface area contributed by atoms with Crippen LogP contribution < -0.4 is 10.1 Å². The first-order valence-corrected chi connectivity index (χ1v) is 5.75. The van der Waals surface area contributed by atoms with Crippen LogP contribution in [0.15, 0.2) is 24.3 Å². The summed E-state index contributed by atoms with van der Waals surface area (Å²) in [7, 11) is 0. The lowest BCUT2D eigenvalue weighted by Gasteiger charge is -2.18. The van der Waals surface area contributed by atoms with Gasteiger partial charge in [0.1, 0.15) is 11.6 Å². The van der Waals surface area contributed by atoms with E-state index in [-0.39, 0.29) is 17.8 Å². The number of benzene rings is 1. The second-order valence-electron chi connectivity index (χ2n) is 4.13. The highest BCUT2D eigenvalue weighted by molar-refractivity contribution is 5.81. The first-order chi connectivity index (χ1) is 8.02. The molecule has 0 aliphatic rings. The summed E-state index contributed by atoms with van der Waals surface area (Å²) < 4.78 is 18.2. The van der Waals surface area contributed by atoms with Gasteiger partial charge in [-0.15, -0.1) is 0 Å². The number of halogens is 1. The van der Waals surface area contributed by atoms with Gasteiger partial charge in [0, 0.05) is 6.04 Å². The molecule has 0 unspecified atom stereocenters. The normalized spacial score (nSPS) is 12.3. The lowest BCUT2D eigenvalue weighted by atomic mass is 10.2. The standard InChI is InChI=1S/C13H18FNO2/c1-4-12(13(16)15-9(2)3)17-11-7-5-10(14)6-8-11/h5-9,12H,4H2,1-3H3,(H,15,16)/t12-/m0/s1.